The first-order chi connectivity index (χ1) is 5.77. The highest BCUT2D eigenvalue weighted by molar-refractivity contribution is 6.30. The fourth-order valence-corrected chi connectivity index (χ4v) is 1.68. The van der Waals surface area contributed by atoms with E-state index >= 15 is 0 Å². The van der Waals surface area contributed by atoms with Crippen LogP contribution in [0.3, 0.4) is 0 Å². The van der Waals surface area contributed by atoms with Gasteiger partial charge in [0.25, 0.3) is 0 Å². The van der Waals surface area contributed by atoms with Crippen molar-refractivity contribution in [2.45, 2.75) is 25.8 Å². The molecule has 12 heavy (non-hydrogen) atoms. The lowest BCUT2D eigenvalue weighted by molar-refractivity contribution is 0.612. The minimum atomic E-state index is 0.385. The molecule has 2 N–H and O–H groups in total. The average molecular weight is 186 g/mol. The van der Waals surface area contributed by atoms with Crippen LogP contribution in [0.15, 0.2) is 0 Å². The second kappa shape index (κ2) is 3.07. The van der Waals surface area contributed by atoms with Gasteiger partial charge >= 0.3 is 0 Å². The van der Waals surface area contributed by atoms with E-state index in [1.54, 1.807) is 0 Å². The summed E-state index contributed by atoms with van der Waals surface area (Å²) in [7, 11) is 0. The number of nitrogens with one attached hydrogen (secondary N) is 2. The topological polar surface area (TPSA) is 40.7 Å². The van der Waals surface area contributed by atoms with Crippen LogP contribution in [0.25, 0.3) is 0 Å². The Labute approximate surface area is 76.5 Å². The lowest BCUT2D eigenvalue weighted by Gasteiger charge is -2.04. The molecular formula is C8H12ClN3. The Bertz CT molecular complexity index is 256. The third kappa shape index (κ3) is 1.34. The van der Waals surface area contributed by atoms with Crippen molar-refractivity contribution < 1.29 is 0 Å². The van der Waals surface area contributed by atoms with Gasteiger partial charge in [0.15, 0.2) is 0 Å². The zero-order valence-electron chi connectivity index (χ0n) is 7.02. The molecule has 0 bridgehead atoms. The Balaban J connectivity index is 2.21. The van der Waals surface area contributed by atoms with Gasteiger partial charge in [0.05, 0.1) is 11.7 Å². The lowest BCUT2D eigenvalue weighted by atomic mass is 10.2. The van der Waals surface area contributed by atoms with E-state index in [4.69, 9.17) is 11.6 Å². The smallest absolute Gasteiger partial charge is 0.150 e. The highest BCUT2D eigenvalue weighted by Gasteiger charge is 2.19. The van der Waals surface area contributed by atoms with E-state index in [2.05, 4.69) is 15.3 Å². The third-order valence-corrected chi connectivity index (χ3v) is 2.60. The molecule has 0 aliphatic carbocycles. The minimum absolute atomic E-state index is 0.385. The Morgan fingerprint density at radius 3 is 2.92 bits per heavy atom. The monoisotopic (exact) mass is 185 g/mol. The van der Waals surface area contributed by atoms with Gasteiger partial charge in [0.1, 0.15) is 11.0 Å². The normalized spacial score (nSPS) is 23.3. The summed E-state index contributed by atoms with van der Waals surface area (Å²) < 4.78 is 0. The number of aromatic nitrogens is 2. The standard InChI is InChI=1S/C8H12ClN3/c1-5-7(9)12-8(11-5)6-3-2-4-10-6/h6,10H,2-4H2,1H3,(H,11,12). The van der Waals surface area contributed by atoms with Gasteiger partial charge in [-0.05, 0) is 26.3 Å². The molecular weight excluding hydrogens is 174 g/mol. The summed E-state index contributed by atoms with van der Waals surface area (Å²) in [6.45, 7) is 3.02. The molecule has 0 radical (unpaired) electrons. The quantitative estimate of drug-likeness (QED) is 0.701. The summed E-state index contributed by atoms with van der Waals surface area (Å²) in [5.41, 5.74) is 0.959. The number of nitrogens with zero attached hydrogens (tertiary/aromatic N) is 1. The van der Waals surface area contributed by atoms with Gasteiger partial charge in [-0.3, -0.25) is 0 Å². The number of aromatic amines is 1. The molecule has 2 heterocycles. The van der Waals surface area contributed by atoms with Gasteiger partial charge in [-0.1, -0.05) is 11.6 Å². The molecule has 1 saturated heterocycles. The number of halogens is 1. The maximum absolute atomic E-state index is 5.84. The highest BCUT2D eigenvalue weighted by atomic mass is 35.5. The summed E-state index contributed by atoms with van der Waals surface area (Å²) >= 11 is 5.84. The maximum atomic E-state index is 5.84. The van der Waals surface area contributed by atoms with Crippen LogP contribution < -0.4 is 5.32 Å². The molecule has 1 fully saturated rings. The van der Waals surface area contributed by atoms with Gasteiger partial charge in [0.2, 0.25) is 0 Å². The zero-order valence-corrected chi connectivity index (χ0v) is 7.78. The fraction of sp³-hybridized carbons (Fsp3) is 0.625. The second-order valence-electron chi connectivity index (χ2n) is 3.19. The summed E-state index contributed by atoms with van der Waals surface area (Å²) in [6, 6.07) is 0.385. The first-order valence-electron chi connectivity index (χ1n) is 4.23. The Kier molecular flexibility index (Phi) is 2.07. The van der Waals surface area contributed by atoms with Crippen LogP contribution in [0, 0.1) is 6.92 Å². The zero-order chi connectivity index (χ0) is 8.55. The number of aryl methyl sites for hydroxylation is 1. The van der Waals surface area contributed by atoms with Gasteiger partial charge in [-0.15, -0.1) is 0 Å². The summed E-state index contributed by atoms with van der Waals surface area (Å²) in [5.74, 6) is 0.981. The van der Waals surface area contributed by atoms with Gasteiger partial charge in [-0.25, -0.2) is 4.98 Å². The number of H-pyrrole nitrogens is 1. The lowest BCUT2D eigenvalue weighted by Crippen LogP contribution is -2.14. The molecule has 0 saturated carbocycles. The molecule has 1 aliphatic heterocycles. The molecule has 1 aromatic rings. The summed E-state index contributed by atoms with van der Waals surface area (Å²) in [6.07, 6.45) is 2.38. The molecule has 66 valence electrons. The van der Waals surface area contributed by atoms with E-state index < -0.39 is 0 Å². The van der Waals surface area contributed by atoms with Crippen LogP contribution in [0.5, 0.6) is 0 Å². The van der Waals surface area contributed by atoms with E-state index in [-0.39, 0.29) is 0 Å². The van der Waals surface area contributed by atoms with Gasteiger partial charge < -0.3 is 10.3 Å². The van der Waals surface area contributed by atoms with Crippen molar-refractivity contribution in [3.05, 3.63) is 16.7 Å². The Hall–Kier alpha value is -0.540. The van der Waals surface area contributed by atoms with Crippen LogP contribution in [-0.4, -0.2) is 16.5 Å². The van der Waals surface area contributed by atoms with Crippen LogP contribution in [0.4, 0.5) is 0 Å². The third-order valence-electron chi connectivity index (χ3n) is 2.23. The van der Waals surface area contributed by atoms with E-state index in [1.165, 1.54) is 6.42 Å². The van der Waals surface area contributed by atoms with Crippen molar-refractivity contribution in [3.8, 4) is 0 Å². The molecule has 1 aliphatic rings. The van der Waals surface area contributed by atoms with Crippen LogP contribution in [0.2, 0.25) is 5.15 Å². The number of rotatable bonds is 1. The number of imidazole rings is 1. The first-order valence-corrected chi connectivity index (χ1v) is 4.60. The largest absolute Gasteiger partial charge is 0.343 e. The highest BCUT2D eigenvalue weighted by Crippen LogP contribution is 2.22. The molecule has 0 amide bonds. The van der Waals surface area contributed by atoms with Crippen LogP contribution in [-0.2, 0) is 0 Å². The molecule has 0 spiro atoms. The second-order valence-corrected chi connectivity index (χ2v) is 3.54. The summed E-state index contributed by atoms with van der Waals surface area (Å²) in [4.78, 5) is 7.42. The molecule has 4 heteroatoms. The maximum Gasteiger partial charge on any atom is 0.150 e. The molecule has 3 nitrogen and oxygen atoms in total. The van der Waals surface area contributed by atoms with E-state index in [1.807, 2.05) is 6.92 Å². The fourth-order valence-electron chi connectivity index (χ4n) is 1.54. The number of hydrogen-bond acceptors (Lipinski definition) is 2. The molecule has 1 aromatic heterocycles. The van der Waals surface area contributed by atoms with E-state index in [0.717, 1.165) is 24.5 Å². The summed E-state index contributed by atoms with van der Waals surface area (Å²) in [5, 5.41) is 3.96. The van der Waals surface area contributed by atoms with Crippen molar-refractivity contribution in [3.63, 3.8) is 0 Å². The molecule has 1 unspecified atom stereocenters. The van der Waals surface area contributed by atoms with Crippen molar-refractivity contribution in [1.82, 2.24) is 15.3 Å². The predicted molar refractivity (Wildman–Crippen MR) is 48.3 cm³/mol. The van der Waals surface area contributed by atoms with Crippen molar-refractivity contribution in [2.24, 2.45) is 0 Å². The SMILES string of the molecule is Cc1[nH]c(C2CCCN2)nc1Cl. The molecule has 2 rings (SSSR count). The Morgan fingerprint density at radius 1 is 1.58 bits per heavy atom. The van der Waals surface area contributed by atoms with Crippen LogP contribution in [0.1, 0.15) is 30.4 Å². The van der Waals surface area contributed by atoms with Gasteiger partial charge in [-0.2, -0.15) is 0 Å². The van der Waals surface area contributed by atoms with Crippen molar-refractivity contribution in [2.75, 3.05) is 6.54 Å². The first kappa shape index (κ1) is 8.08. The van der Waals surface area contributed by atoms with Crippen LogP contribution >= 0.6 is 11.6 Å². The number of hydrogen-bond donors (Lipinski definition) is 2. The van der Waals surface area contributed by atoms with E-state index in [0.29, 0.717) is 11.2 Å². The predicted octanol–water partition coefficient (Wildman–Crippen LogP) is 1.80. The molecule has 1 atom stereocenters. The van der Waals surface area contributed by atoms with Gasteiger partial charge in [0, 0.05) is 0 Å². The van der Waals surface area contributed by atoms with Crippen molar-refractivity contribution >= 4 is 11.6 Å². The molecule has 0 aromatic carbocycles. The van der Waals surface area contributed by atoms with E-state index in [9.17, 15) is 0 Å². The average Bonchev–Trinajstić information content (AvgIpc) is 2.61. The minimum Gasteiger partial charge on any atom is -0.343 e. The Morgan fingerprint density at radius 2 is 2.42 bits per heavy atom. The van der Waals surface area contributed by atoms with Crippen molar-refractivity contribution in [1.29, 1.82) is 0 Å².